The highest BCUT2D eigenvalue weighted by molar-refractivity contribution is 6.29. The molecule has 7 rings (SSSR count). The molecule has 4 aliphatic rings. The highest BCUT2D eigenvalue weighted by atomic mass is 16.6. The maximum Gasteiger partial charge on any atom is 0.340 e. The average Bonchev–Trinajstić information content (AvgIpc) is 3.51. The van der Waals surface area contributed by atoms with Crippen molar-refractivity contribution >= 4 is 41.0 Å². The van der Waals surface area contributed by atoms with Crippen molar-refractivity contribution in [2.75, 3.05) is 9.80 Å². The van der Waals surface area contributed by atoms with Crippen LogP contribution >= 0.6 is 0 Å². The molecule has 0 saturated carbocycles. The van der Waals surface area contributed by atoms with Crippen molar-refractivity contribution in [3.8, 4) is 11.5 Å². The lowest BCUT2D eigenvalue weighted by Gasteiger charge is -2.37. The zero-order valence-corrected chi connectivity index (χ0v) is 18.8. The average molecular weight is 490 g/mol. The molecule has 0 atom stereocenters. The summed E-state index contributed by atoms with van der Waals surface area (Å²) in [4.78, 5) is 64.2. The van der Waals surface area contributed by atoms with Gasteiger partial charge in [0.05, 0.1) is 16.9 Å². The number of fused-ring (bicyclic) bond motifs is 6. The Balaban J connectivity index is 1.45. The van der Waals surface area contributed by atoms with Gasteiger partial charge in [-0.3, -0.25) is 19.2 Å². The van der Waals surface area contributed by atoms with E-state index in [4.69, 9.17) is 9.47 Å². The lowest BCUT2D eigenvalue weighted by atomic mass is 9.77. The molecule has 4 heterocycles. The molecule has 37 heavy (non-hydrogen) atoms. The lowest BCUT2D eigenvalue weighted by Crippen LogP contribution is -2.34. The second kappa shape index (κ2) is 7.11. The van der Waals surface area contributed by atoms with Crippen LogP contribution in [-0.2, 0) is 29.5 Å². The zero-order valence-electron chi connectivity index (χ0n) is 18.8. The number of carbonyl (C=O) groups is 5. The van der Waals surface area contributed by atoms with Gasteiger partial charge in [0, 0.05) is 53.1 Å². The van der Waals surface area contributed by atoms with Crippen LogP contribution in [0.3, 0.4) is 0 Å². The number of nitrogens with zero attached hydrogens (tertiary/aromatic N) is 2. The van der Waals surface area contributed by atoms with Crippen LogP contribution < -0.4 is 14.5 Å². The van der Waals surface area contributed by atoms with Crippen molar-refractivity contribution in [3.63, 3.8) is 0 Å². The smallest absolute Gasteiger partial charge is 0.340 e. The number of rotatable bonds is 2. The van der Waals surface area contributed by atoms with E-state index in [1.165, 1.54) is 36.4 Å². The summed E-state index contributed by atoms with van der Waals surface area (Å²) in [6.45, 7) is 0. The van der Waals surface area contributed by atoms with Crippen LogP contribution in [0.25, 0.3) is 0 Å². The number of anilines is 2. The van der Waals surface area contributed by atoms with E-state index in [9.17, 15) is 24.0 Å². The third kappa shape index (κ3) is 2.70. The molecule has 0 radical (unpaired) electrons. The predicted octanol–water partition coefficient (Wildman–Crippen LogP) is 3.11. The van der Waals surface area contributed by atoms with Gasteiger partial charge in [0.15, 0.2) is 5.60 Å². The highest BCUT2D eigenvalue weighted by Gasteiger charge is 2.53. The van der Waals surface area contributed by atoms with Crippen molar-refractivity contribution in [1.29, 1.82) is 0 Å². The van der Waals surface area contributed by atoms with Crippen LogP contribution in [0.5, 0.6) is 11.5 Å². The van der Waals surface area contributed by atoms with Crippen LogP contribution in [0, 0.1) is 0 Å². The first-order valence-corrected chi connectivity index (χ1v) is 11.3. The molecule has 4 amide bonds. The standard InChI is InChI=1S/C28H14N2O7/c31-23-9-10-24(32)29(23)15-5-7-19-21(13-15)36-22-14-16(30-25(33)11-12-26(30)34)6-8-20(22)28(19)18-4-2-1-3-17(18)27(35)37-28/h1-14H. The molecule has 3 aromatic carbocycles. The summed E-state index contributed by atoms with van der Waals surface area (Å²) in [6, 6.07) is 16.5. The van der Waals surface area contributed by atoms with E-state index >= 15 is 0 Å². The number of imide groups is 2. The van der Waals surface area contributed by atoms with Crippen molar-refractivity contribution < 1.29 is 33.4 Å². The third-order valence-electron chi connectivity index (χ3n) is 6.82. The van der Waals surface area contributed by atoms with Gasteiger partial charge >= 0.3 is 5.97 Å². The number of hydrogen-bond acceptors (Lipinski definition) is 7. The van der Waals surface area contributed by atoms with Gasteiger partial charge in [0.1, 0.15) is 11.5 Å². The van der Waals surface area contributed by atoms with Gasteiger partial charge in [-0.05, 0) is 30.3 Å². The van der Waals surface area contributed by atoms with Gasteiger partial charge in [0.2, 0.25) is 0 Å². The Morgan fingerprint density at radius 1 is 0.568 bits per heavy atom. The topological polar surface area (TPSA) is 110 Å². The second-order valence-corrected chi connectivity index (χ2v) is 8.77. The molecule has 0 saturated heterocycles. The summed E-state index contributed by atoms with van der Waals surface area (Å²) < 4.78 is 12.3. The molecule has 0 unspecified atom stereocenters. The van der Waals surface area contributed by atoms with Crippen molar-refractivity contribution in [2.24, 2.45) is 0 Å². The quantitative estimate of drug-likeness (QED) is 0.401. The van der Waals surface area contributed by atoms with Gasteiger partial charge in [-0.25, -0.2) is 14.6 Å². The fourth-order valence-electron chi connectivity index (χ4n) is 5.24. The summed E-state index contributed by atoms with van der Waals surface area (Å²) >= 11 is 0. The molecule has 0 N–H and O–H groups in total. The minimum atomic E-state index is -1.39. The molecule has 0 aliphatic carbocycles. The van der Waals surface area contributed by atoms with Crippen LogP contribution in [0.1, 0.15) is 27.0 Å². The largest absolute Gasteiger partial charge is 0.456 e. The normalized spacial score (nSPS) is 18.3. The first-order valence-electron chi connectivity index (χ1n) is 11.3. The van der Waals surface area contributed by atoms with Crippen molar-refractivity contribution in [1.82, 2.24) is 0 Å². The Kier molecular flexibility index (Phi) is 4.04. The predicted molar refractivity (Wildman–Crippen MR) is 128 cm³/mol. The molecular formula is C28H14N2O7. The molecule has 1 spiro atoms. The Bertz CT molecular complexity index is 1570. The minimum Gasteiger partial charge on any atom is -0.456 e. The summed E-state index contributed by atoms with van der Waals surface area (Å²) in [5.41, 5.74) is 1.14. The Morgan fingerprint density at radius 3 is 1.57 bits per heavy atom. The molecule has 9 nitrogen and oxygen atoms in total. The fourth-order valence-corrected chi connectivity index (χ4v) is 5.24. The maximum absolute atomic E-state index is 13.0. The fraction of sp³-hybridized carbons (Fsp3) is 0.0357. The molecule has 3 aromatic rings. The molecule has 0 fully saturated rings. The second-order valence-electron chi connectivity index (χ2n) is 8.77. The van der Waals surface area contributed by atoms with E-state index in [1.807, 2.05) is 0 Å². The first-order chi connectivity index (χ1) is 17.9. The summed E-state index contributed by atoms with van der Waals surface area (Å²) in [6.07, 6.45) is 4.72. The van der Waals surface area contributed by atoms with Gasteiger partial charge < -0.3 is 9.47 Å². The van der Waals surface area contributed by atoms with Gasteiger partial charge in [0.25, 0.3) is 23.6 Å². The minimum absolute atomic E-state index is 0.247. The van der Waals surface area contributed by atoms with E-state index in [1.54, 1.807) is 48.5 Å². The van der Waals surface area contributed by atoms with E-state index in [-0.39, 0.29) is 22.9 Å². The van der Waals surface area contributed by atoms with Crippen LogP contribution in [-0.4, -0.2) is 29.6 Å². The molecule has 0 bridgehead atoms. The van der Waals surface area contributed by atoms with Crippen molar-refractivity contribution in [2.45, 2.75) is 5.60 Å². The van der Waals surface area contributed by atoms with Gasteiger partial charge in [-0.15, -0.1) is 0 Å². The Labute approximate surface area is 208 Å². The van der Waals surface area contributed by atoms with Gasteiger partial charge in [-0.1, -0.05) is 18.2 Å². The van der Waals surface area contributed by atoms with Crippen LogP contribution in [0.15, 0.2) is 85.0 Å². The number of hydrogen-bond donors (Lipinski definition) is 0. The monoisotopic (exact) mass is 490 g/mol. The number of ether oxygens (including phenoxy) is 2. The lowest BCUT2D eigenvalue weighted by molar-refractivity contribution is -0.121. The van der Waals surface area contributed by atoms with Crippen molar-refractivity contribution in [3.05, 3.63) is 107 Å². The molecule has 178 valence electrons. The van der Waals surface area contributed by atoms with E-state index in [0.29, 0.717) is 22.3 Å². The van der Waals surface area contributed by atoms with E-state index in [0.717, 1.165) is 9.80 Å². The highest BCUT2D eigenvalue weighted by Crippen LogP contribution is 2.57. The van der Waals surface area contributed by atoms with E-state index in [2.05, 4.69) is 0 Å². The summed E-state index contributed by atoms with van der Waals surface area (Å²) in [5.74, 6) is -1.99. The number of carbonyl (C=O) groups excluding carboxylic acids is 5. The van der Waals surface area contributed by atoms with E-state index < -0.39 is 35.2 Å². The number of benzene rings is 3. The first kappa shape index (κ1) is 21.0. The number of amides is 4. The summed E-state index contributed by atoms with van der Waals surface area (Å²) in [7, 11) is 0. The molecular weight excluding hydrogens is 476 g/mol. The zero-order chi connectivity index (χ0) is 25.5. The van der Waals surface area contributed by atoms with Crippen LogP contribution in [0.2, 0.25) is 0 Å². The summed E-state index contributed by atoms with van der Waals surface area (Å²) in [5, 5.41) is 0. The van der Waals surface area contributed by atoms with Gasteiger partial charge in [-0.2, -0.15) is 0 Å². The molecule has 0 aromatic heterocycles. The molecule has 9 heteroatoms. The maximum atomic E-state index is 13.0. The third-order valence-corrected chi connectivity index (χ3v) is 6.82. The Hall–Kier alpha value is -5.31. The Morgan fingerprint density at radius 2 is 1.05 bits per heavy atom. The van der Waals surface area contributed by atoms with Crippen LogP contribution in [0.4, 0.5) is 11.4 Å². The SMILES string of the molecule is O=C1OC2(c3ccc(N4C(=O)C=CC4=O)cc3Oc3cc(N4C(=O)C=CC4=O)ccc32)c2ccccc21. The number of esters is 1. The molecule has 4 aliphatic heterocycles.